The standard InChI is InChI=1S/C13H10Cl2O/c14-13(15,16)12-8-4-7-11(9-12)10-5-2-1-3-6-10/h1-9,16H. The lowest BCUT2D eigenvalue weighted by Crippen LogP contribution is -2.07. The van der Waals surface area contributed by atoms with Crippen molar-refractivity contribution in [1.29, 1.82) is 0 Å². The lowest BCUT2D eigenvalue weighted by molar-refractivity contribution is 0.218. The molecule has 0 radical (unpaired) electrons. The quantitative estimate of drug-likeness (QED) is 0.804. The van der Waals surface area contributed by atoms with E-state index in [1.165, 1.54) is 0 Å². The zero-order valence-electron chi connectivity index (χ0n) is 8.40. The summed E-state index contributed by atoms with van der Waals surface area (Å²) < 4.78 is -1.84. The number of alkyl halides is 2. The van der Waals surface area contributed by atoms with Gasteiger partial charge in [-0.2, -0.15) is 0 Å². The summed E-state index contributed by atoms with van der Waals surface area (Å²) in [6.07, 6.45) is 0. The van der Waals surface area contributed by atoms with Gasteiger partial charge in [-0.25, -0.2) is 0 Å². The molecule has 1 nitrogen and oxygen atoms in total. The molecule has 0 aliphatic heterocycles. The number of benzene rings is 2. The molecule has 0 aliphatic carbocycles. The van der Waals surface area contributed by atoms with Gasteiger partial charge in [0.25, 0.3) is 0 Å². The van der Waals surface area contributed by atoms with Crippen molar-refractivity contribution in [3.05, 3.63) is 60.2 Å². The number of rotatable bonds is 2. The second-order valence-electron chi connectivity index (χ2n) is 3.49. The first-order valence-corrected chi connectivity index (χ1v) is 5.59. The van der Waals surface area contributed by atoms with Crippen molar-refractivity contribution in [2.24, 2.45) is 0 Å². The van der Waals surface area contributed by atoms with Gasteiger partial charge >= 0.3 is 0 Å². The Kier molecular flexibility index (Phi) is 3.20. The minimum Gasteiger partial charge on any atom is -0.359 e. The van der Waals surface area contributed by atoms with Crippen molar-refractivity contribution in [2.45, 2.75) is 4.52 Å². The van der Waals surface area contributed by atoms with Crippen molar-refractivity contribution < 1.29 is 5.11 Å². The van der Waals surface area contributed by atoms with E-state index in [-0.39, 0.29) is 0 Å². The minimum absolute atomic E-state index is 0.470. The van der Waals surface area contributed by atoms with Gasteiger partial charge in [0, 0.05) is 5.56 Å². The molecule has 3 heteroatoms. The summed E-state index contributed by atoms with van der Waals surface area (Å²) in [7, 11) is 0. The third kappa shape index (κ3) is 2.56. The molecule has 0 saturated heterocycles. The van der Waals surface area contributed by atoms with Gasteiger partial charge in [-0.05, 0) is 17.2 Å². The van der Waals surface area contributed by atoms with Gasteiger partial charge in [0.1, 0.15) is 0 Å². The fourth-order valence-electron chi connectivity index (χ4n) is 1.52. The molecular weight excluding hydrogens is 243 g/mol. The van der Waals surface area contributed by atoms with E-state index in [1.807, 2.05) is 42.5 Å². The van der Waals surface area contributed by atoms with Crippen LogP contribution in [0.5, 0.6) is 0 Å². The maximum atomic E-state index is 9.49. The summed E-state index contributed by atoms with van der Waals surface area (Å²) in [5, 5.41) is 9.49. The average Bonchev–Trinajstić information content (AvgIpc) is 2.29. The van der Waals surface area contributed by atoms with Crippen LogP contribution in [-0.4, -0.2) is 5.11 Å². The maximum absolute atomic E-state index is 9.49. The third-order valence-corrected chi connectivity index (χ3v) is 2.75. The SMILES string of the molecule is OC(Cl)(Cl)c1cccc(-c2ccccc2)c1. The lowest BCUT2D eigenvalue weighted by Gasteiger charge is -2.13. The van der Waals surface area contributed by atoms with E-state index in [0.29, 0.717) is 5.56 Å². The normalized spacial score (nSPS) is 11.4. The zero-order valence-corrected chi connectivity index (χ0v) is 9.91. The highest BCUT2D eigenvalue weighted by atomic mass is 35.5. The summed E-state index contributed by atoms with van der Waals surface area (Å²) in [5.74, 6) is 0. The van der Waals surface area contributed by atoms with Crippen LogP contribution in [0.15, 0.2) is 54.6 Å². The second-order valence-corrected chi connectivity index (χ2v) is 4.78. The van der Waals surface area contributed by atoms with Gasteiger partial charge in [0.2, 0.25) is 4.52 Å². The van der Waals surface area contributed by atoms with Crippen LogP contribution in [0, 0.1) is 0 Å². The van der Waals surface area contributed by atoms with E-state index in [0.717, 1.165) is 11.1 Å². The highest BCUT2D eigenvalue weighted by Crippen LogP contribution is 2.32. The Labute approximate surface area is 104 Å². The second kappa shape index (κ2) is 4.46. The van der Waals surface area contributed by atoms with Crippen LogP contribution in [0.4, 0.5) is 0 Å². The fraction of sp³-hybridized carbons (Fsp3) is 0.0769. The smallest absolute Gasteiger partial charge is 0.241 e. The first kappa shape index (κ1) is 11.5. The summed E-state index contributed by atoms with van der Waals surface area (Å²) in [4.78, 5) is 0. The summed E-state index contributed by atoms with van der Waals surface area (Å²) >= 11 is 11.3. The molecule has 0 amide bonds. The maximum Gasteiger partial charge on any atom is 0.241 e. The van der Waals surface area contributed by atoms with Crippen LogP contribution in [0.2, 0.25) is 0 Å². The van der Waals surface area contributed by atoms with Gasteiger partial charge in [-0.1, -0.05) is 71.7 Å². The van der Waals surface area contributed by atoms with Crippen LogP contribution in [-0.2, 0) is 4.52 Å². The van der Waals surface area contributed by atoms with Crippen molar-refractivity contribution in [3.63, 3.8) is 0 Å². The molecule has 0 spiro atoms. The number of halogens is 2. The monoisotopic (exact) mass is 252 g/mol. The summed E-state index contributed by atoms with van der Waals surface area (Å²) in [6, 6.07) is 17.0. The number of hydrogen-bond acceptors (Lipinski definition) is 1. The average molecular weight is 253 g/mol. The van der Waals surface area contributed by atoms with Crippen LogP contribution in [0.25, 0.3) is 11.1 Å². The largest absolute Gasteiger partial charge is 0.359 e. The molecule has 0 bridgehead atoms. The summed E-state index contributed by atoms with van der Waals surface area (Å²) in [6.45, 7) is 0. The van der Waals surface area contributed by atoms with E-state index < -0.39 is 4.52 Å². The lowest BCUT2D eigenvalue weighted by atomic mass is 10.0. The minimum atomic E-state index is -1.84. The molecule has 82 valence electrons. The Balaban J connectivity index is 2.45. The van der Waals surface area contributed by atoms with E-state index in [1.54, 1.807) is 12.1 Å². The van der Waals surface area contributed by atoms with Gasteiger partial charge < -0.3 is 5.11 Å². The number of aliphatic hydroxyl groups is 1. The molecule has 16 heavy (non-hydrogen) atoms. The Morgan fingerprint density at radius 1 is 0.812 bits per heavy atom. The highest BCUT2D eigenvalue weighted by Gasteiger charge is 2.22. The molecule has 0 atom stereocenters. The Bertz CT molecular complexity index is 475. The molecule has 0 heterocycles. The first-order chi connectivity index (χ1) is 7.57. The molecule has 0 fully saturated rings. The Morgan fingerprint density at radius 2 is 1.44 bits per heavy atom. The molecule has 2 aromatic carbocycles. The summed E-state index contributed by atoms with van der Waals surface area (Å²) in [5.41, 5.74) is 2.50. The fourth-order valence-corrected chi connectivity index (χ4v) is 1.75. The van der Waals surface area contributed by atoms with E-state index in [9.17, 15) is 5.11 Å². The zero-order chi connectivity index (χ0) is 11.6. The van der Waals surface area contributed by atoms with Crippen LogP contribution < -0.4 is 0 Å². The predicted molar refractivity (Wildman–Crippen MR) is 67.5 cm³/mol. The van der Waals surface area contributed by atoms with Crippen molar-refractivity contribution >= 4 is 23.2 Å². The highest BCUT2D eigenvalue weighted by molar-refractivity contribution is 6.46. The first-order valence-electron chi connectivity index (χ1n) is 4.83. The van der Waals surface area contributed by atoms with Gasteiger partial charge in [-0.15, -0.1) is 0 Å². The van der Waals surface area contributed by atoms with Crippen molar-refractivity contribution in [2.75, 3.05) is 0 Å². The van der Waals surface area contributed by atoms with Gasteiger partial charge in [-0.3, -0.25) is 0 Å². The van der Waals surface area contributed by atoms with Crippen LogP contribution >= 0.6 is 23.2 Å². The molecule has 0 unspecified atom stereocenters. The van der Waals surface area contributed by atoms with E-state index >= 15 is 0 Å². The van der Waals surface area contributed by atoms with E-state index in [4.69, 9.17) is 23.2 Å². The molecule has 2 aromatic rings. The van der Waals surface area contributed by atoms with Crippen LogP contribution in [0.3, 0.4) is 0 Å². The third-order valence-electron chi connectivity index (χ3n) is 2.32. The van der Waals surface area contributed by atoms with Gasteiger partial charge in [0.05, 0.1) is 0 Å². The molecule has 0 aromatic heterocycles. The number of hydrogen-bond donors (Lipinski definition) is 1. The van der Waals surface area contributed by atoms with Gasteiger partial charge in [0.15, 0.2) is 0 Å². The van der Waals surface area contributed by atoms with E-state index in [2.05, 4.69) is 0 Å². The Hall–Kier alpha value is -1.02. The Morgan fingerprint density at radius 3 is 2.06 bits per heavy atom. The molecule has 1 N–H and O–H groups in total. The van der Waals surface area contributed by atoms with Crippen LogP contribution in [0.1, 0.15) is 5.56 Å². The molecular formula is C13H10Cl2O. The molecule has 2 rings (SSSR count). The van der Waals surface area contributed by atoms with Crippen molar-refractivity contribution in [1.82, 2.24) is 0 Å². The van der Waals surface area contributed by atoms with Crippen molar-refractivity contribution in [3.8, 4) is 11.1 Å². The predicted octanol–water partition coefficient (Wildman–Crippen LogP) is 3.93. The molecule has 0 aliphatic rings. The molecule has 0 saturated carbocycles. The topological polar surface area (TPSA) is 20.2 Å².